The quantitative estimate of drug-likeness (QED) is 0.806. The number of benzene rings is 2. The van der Waals surface area contributed by atoms with Gasteiger partial charge in [-0.3, -0.25) is 0 Å². The lowest BCUT2D eigenvalue weighted by Gasteiger charge is -2.11. The van der Waals surface area contributed by atoms with Crippen molar-refractivity contribution in [1.29, 1.82) is 0 Å². The average Bonchev–Trinajstić information content (AvgIpc) is 2.41. The molecule has 0 aliphatic carbocycles. The maximum atomic E-state index is 13.1. The van der Waals surface area contributed by atoms with Crippen LogP contribution in [0.15, 0.2) is 46.9 Å². The van der Waals surface area contributed by atoms with Crippen molar-refractivity contribution in [2.45, 2.75) is 6.92 Å². The van der Waals surface area contributed by atoms with Gasteiger partial charge in [0.2, 0.25) is 0 Å². The fourth-order valence-electron chi connectivity index (χ4n) is 1.75. The number of hydrogen-bond donors (Lipinski definition) is 1. The zero-order chi connectivity index (χ0) is 15.4. The van der Waals surface area contributed by atoms with E-state index in [1.54, 1.807) is 25.1 Å². The molecule has 2 aromatic rings. The number of carbonyl (C=O) groups is 1. The molecule has 1 N–H and O–H groups in total. The molecule has 0 atom stereocenters. The molecule has 0 saturated carbocycles. The summed E-state index contributed by atoms with van der Waals surface area (Å²) in [6.07, 6.45) is 2.48. The van der Waals surface area contributed by atoms with Crippen molar-refractivity contribution in [1.82, 2.24) is 0 Å². The van der Waals surface area contributed by atoms with E-state index in [1.165, 1.54) is 24.3 Å². The van der Waals surface area contributed by atoms with Gasteiger partial charge in [0.25, 0.3) is 0 Å². The molecule has 0 radical (unpaired) electrons. The van der Waals surface area contributed by atoms with Gasteiger partial charge in [-0.2, -0.15) is 0 Å². The first kappa shape index (κ1) is 15.3. The van der Waals surface area contributed by atoms with Crippen molar-refractivity contribution < 1.29 is 19.0 Å². The SMILES string of the molecule is Cc1cc(F)ccc1Oc1ccc(Br)cc1/C=C/C(=O)O. The van der Waals surface area contributed by atoms with Gasteiger partial charge in [-0.05, 0) is 55.0 Å². The molecular weight excluding hydrogens is 339 g/mol. The van der Waals surface area contributed by atoms with Crippen LogP contribution in [0.2, 0.25) is 0 Å². The molecule has 108 valence electrons. The highest BCUT2D eigenvalue weighted by molar-refractivity contribution is 9.10. The fourth-order valence-corrected chi connectivity index (χ4v) is 2.13. The Bertz CT molecular complexity index is 711. The van der Waals surface area contributed by atoms with E-state index in [9.17, 15) is 9.18 Å². The predicted molar refractivity (Wildman–Crippen MR) is 82.0 cm³/mol. The van der Waals surface area contributed by atoms with Gasteiger partial charge in [-0.25, -0.2) is 9.18 Å². The van der Waals surface area contributed by atoms with Crippen LogP contribution in [0.5, 0.6) is 11.5 Å². The zero-order valence-electron chi connectivity index (χ0n) is 11.1. The summed E-state index contributed by atoms with van der Waals surface area (Å²) in [4.78, 5) is 10.6. The summed E-state index contributed by atoms with van der Waals surface area (Å²) in [7, 11) is 0. The number of halogens is 2. The van der Waals surface area contributed by atoms with Gasteiger partial charge in [0.05, 0.1) is 0 Å². The zero-order valence-corrected chi connectivity index (χ0v) is 12.7. The van der Waals surface area contributed by atoms with Crippen LogP contribution in [0, 0.1) is 12.7 Å². The maximum Gasteiger partial charge on any atom is 0.328 e. The summed E-state index contributed by atoms with van der Waals surface area (Å²) in [6.45, 7) is 1.74. The van der Waals surface area contributed by atoms with E-state index < -0.39 is 5.97 Å². The monoisotopic (exact) mass is 350 g/mol. The van der Waals surface area contributed by atoms with E-state index in [4.69, 9.17) is 9.84 Å². The lowest BCUT2D eigenvalue weighted by molar-refractivity contribution is -0.131. The van der Waals surface area contributed by atoms with Crippen LogP contribution in [0.3, 0.4) is 0 Å². The molecule has 0 aliphatic rings. The number of aryl methyl sites for hydroxylation is 1. The van der Waals surface area contributed by atoms with E-state index in [0.29, 0.717) is 22.6 Å². The Morgan fingerprint density at radius 1 is 1.24 bits per heavy atom. The molecule has 0 saturated heterocycles. The largest absolute Gasteiger partial charge is 0.478 e. The van der Waals surface area contributed by atoms with Crippen LogP contribution in [0.4, 0.5) is 4.39 Å². The van der Waals surface area contributed by atoms with Crippen molar-refractivity contribution in [2.24, 2.45) is 0 Å². The predicted octanol–water partition coefficient (Wildman–Crippen LogP) is 4.79. The number of carboxylic acid groups (broad SMARTS) is 1. The molecule has 0 fully saturated rings. The molecule has 0 bridgehead atoms. The number of rotatable bonds is 4. The van der Waals surface area contributed by atoms with Gasteiger partial charge in [0.1, 0.15) is 17.3 Å². The Balaban J connectivity index is 2.37. The van der Waals surface area contributed by atoms with Crippen LogP contribution in [-0.2, 0) is 4.79 Å². The van der Waals surface area contributed by atoms with E-state index in [2.05, 4.69) is 15.9 Å². The van der Waals surface area contributed by atoms with Crippen molar-refractivity contribution in [3.05, 3.63) is 63.9 Å². The van der Waals surface area contributed by atoms with E-state index in [0.717, 1.165) is 10.5 Å². The van der Waals surface area contributed by atoms with Gasteiger partial charge in [0, 0.05) is 16.1 Å². The highest BCUT2D eigenvalue weighted by atomic mass is 79.9. The normalized spacial score (nSPS) is 10.8. The lowest BCUT2D eigenvalue weighted by Crippen LogP contribution is -1.92. The van der Waals surface area contributed by atoms with Gasteiger partial charge in [-0.1, -0.05) is 15.9 Å². The lowest BCUT2D eigenvalue weighted by atomic mass is 10.1. The average molecular weight is 351 g/mol. The van der Waals surface area contributed by atoms with E-state index >= 15 is 0 Å². The molecule has 5 heteroatoms. The number of hydrogen-bond acceptors (Lipinski definition) is 2. The van der Waals surface area contributed by atoms with Crippen LogP contribution in [0.1, 0.15) is 11.1 Å². The summed E-state index contributed by atoms with van der Waals surface area (Å²) < 4.78 is 19.6. The molecular formula is C16H12BrFO3. The molecule has 2 aromatic carbocycles. The van der Waals surface area contributed by atoms with E-state index in [1.807, 2.05) is 0 Å². The molecule has 0 heterocycles. The van der Waals surface area contributed by atoms with Crippen LogP contribution in [-0.4, -0.2) is 11.1 Å². The van der Waals surface area contributed by atoms with Crippen LogP contribution in [0.25, 0.3) is 6.08 Å². The topological polar surface area (TPSA) is 46.5 Å². The smallest absolute Gasteiger partial charge is 0.328 e. The first-order chi connectivity index (χ1) is 9.95. The summed E-state index contributed by atoms with van der Waals surface area (Å²) in [6, 6.07) is 9.47. The minimum Gasteiger partial charge on any atom is -0.478 e. The standard InChI is InChI=1S/C16H12BrFO3/c1-10-8-13(18)4-6-14(10)21-15-5-3-12(17)9-11(15)2-7-16(19)20/h2-9H,1H3,(H,19,20)/b7-2+. The van der Waals surface area contributed by atoms with Crippen molar-refractivity contribution >= 4 is 28.0 Å². The molecule has 0 amide bonds. The summed E-state index contributed by atoms with van der Waals surface area (Å²) in [5.41, 5.74) is 1.27. The third-order valence-corrected chi connectivity index (χ3v) is 3.23. The second-order valence-corrected chi connectivity index (χ2v) is 5.28. The van der Waals surface area contributed by atoms with E-state index in [-0.39, 0.29) is 5.82 Å². The highest BCUT2D eigenvalue weighted by Gasteiger charge is 2.07. The Kier molecular flexibility index (Phi) is 4.75. The molecule has 0 unspecified atom stereocenters. The first-order valence-electron chi connectivity index (χ1n) is 6.10. The van der Waals surface area contributed by atoms with Gasteiger partial charge in [-0.15, -0.1) is 0 Å². The highest BCUT2D eigenvalue weighted by Crippen LogP contribution is 2.31. The number of ether oxygens (including phenoxy) is 1. The second kappa shape index (κ2) is 6.54. The minimum atomic E-state index is -1.04. The van der Waals surface area contributed by atoms with Crippen molar-refractivity contribution in [3.8, 4) is 11.5 Å². The summed E-state index contributed by atoms with van der Waals surface area (Å²) in [5, 5.41) is 8.72. The Hall–Kier alpha value is -2.14. The molecule has 0 aliphatic heterocycles. The fraction of sp³-hybridized carbons (Fsp3) is 0.0625. The Morgan fingerprint density at radius 3 is 2.62 bits per heavy atom. The second-order valence-electron chi connectivity index (χ2n) is 4.37. The maximum absolute atomic E-state index is 13.1. The Labute approximate surface area is 129 Å². The minimum absolute atomic E-state index is 0.332. The third-order valence-electron chi connectivity index (χ3n) is 2.73. The van der Waals surface area contributed by atoms with Gasteiger partial charge < -0.3 is 9.84 Å². The molecule has 0 spiro atoms. The third kappa shape index (κ3) is 4.16. The molecule has 21 heavy (non-hydrogen) atoms. The summed E-state index contributed by atoms with van der Waals surface area (Å²) >= 11 is 3.33. The van der Waals surface area contributed by atoms with Crippen molar-refractivity contribution in [2.75, 3.05) is 0 Å². The van der Waals surface area contributed by atoms with Crippen molar-refractivity contribution in [3.63, 3.8) is 0 Å². The Morgan fingerprint density at radius 2 is 1.95 bits per heavy atom. The summed E-state index contributed by atoms with van der Waals surface area (Å²) in [5.74, 6) is -0.366. The van der Waals surface area contributed by atoms with Crippen LogP contribution >= 0.6 is 15.9 Å². The molecule has 2 rings (SSSR count). The molecule has 0 aromatic heterocycles. The number of aliphatic carboxylic acids is 1. The number of carboxylic acids is 1. The van der Waals surface area contributed by atoms with Gasteiger partial charge in [0.15, 0.2) is 0 Å². The molecule has 3 nitrogen and oxygen atoms in total. The first-order valence-corrected chi connectivity index (χ1v) is 6.89. The van der Waals surface area contributed by atoms with Crippen LogP contribution < -0.4 is 4.74 Å². The van der Waals surface area contributed by atoms with Gasteiger partial charge >= 0.3 is 5.97 Å².